The van der Waals surface area contributed by atoms with E-state index in [1.807, 2.05) is 6.92 Å². The first-order valence-electron chi connectivity index (χ1n) is 11.9. The van der Waals surface area contributed by atoms with Crippen molar-refractivity contribution in [2.24, 2.45) is 5.41 Å². The fourth-order valence-electron chi connectivity index (χ4n) is 4.02. The molecule has 0 amide bonds. The molecule has 26 heavy (non-hydrogen) atoms. The van der Waals surface area contributed by atoms with Crippen LogP contribution >= 0.6 is 0 Å². The minimum Gasteiger partial charge on any atom is -0.481 e. The van der Waals surface area contributed by atoms with Gasteiger partial charge >= 0.3 is 5.97 Å². The van der Waals surface area contributed by atoms with E-state index in [4.69, 9.17) is 0 Å². The van der Waals surface area contributed by atoms with Crippen molar-refractivity contribution in [1.29, 1.82) is 0 Å². The van der Waals surface area contributed by atoms with Gasteiger partial charge in [-0.05, 0) is 19.3 Å². The fraction of sp³-hybridized carbons (Fsp3) is 0.958. The van der Waals surface area contributed by atoms with Gasteiger partial charge in [0.1, 0.15) is 0 Å². The molecule has 0 fully saturated rings. The molecule has 0 radical (unpaired) electrons. The maximum absolute atomic E-state index is 11.7. The Balaban J connectivity index is 3.55. The summed E-state index contributed by atoms with van der Waals surface area (Å²) >= 11 is 0. The minimum atomic E-state index is -0.567. The van der Waals surface area contributed by atoms with Crippen molar-refractivity contribution >= 4 is 5.97 Å². The molecular weight excluding hydrogens is 320 g/mol. The third-order valence-corrected chi connectivity index (χ3v) is 6.15. The zero-order valence-electron chi connectivity index (χ0n) is 18.3. The van der Waals surface area contributed by atoms with Crippen LogP contribution in [-0.4, -0.2) is 11.1 Å². The third-order valence-electron chi connectivity index (χ3n) is 6.15. The number of unbranched alkanes of at least 4 members (excludes halogenated alkanes) is 14. The topological polar surface area (TPSA) is 37.3 Å². The summed E-state index contributed by atoms with van der Waals surface area (Å²) in [6.45, 7) is 6.47. The van der Waals surface area contributed by atoms with E-state index in [0.29, 0.717) is 0 Å². The van der Waals surface area contributed by atoms with E-state index in [2.05, 4.69) is 13.8 Å². The van der Waals surface area contributed by atoms with Gasteiger partial charge in [-0.3, -0.25) is 4.79 Å². The molecule has 0 rings (SSSR count). The molecule has 0 aromatic carbocycles. The minimum absolute atomic E-state index is 0.451. The predicted molar refractivity (Wildman–Crippen MR) is 115 cm³/mol. The van der Waals surface area contributed by atoms with Gasteiger partial charge in [-0.15, -0.1) is 0 Å². The van der Waals surface area contributed by atoms with Crippen molar-refractivity contribution in [3.05, 3.63) is 0 Å². The van der Waals surface area contributed by atoms with Crippen LogP contribution in [0, 0.1) is 5.41 Å². The van der Waals surface area contributed by atoms with Crippen LogP contribution in [0.1, 0.15) is 143 Å². The lowest BCUT2D eigenvalue weighted by Crippen LogP contribution is -2.30. The van der Waals surface area contributed by atoms with Gasteiger partial charge in [0, 0.05) is 0 Å². The quantitative estimate of drug-likeness (QED) is 0.219. The summed E-state index contributed by atoms with van der Waals surface area (Å²) in [5.74, 6) is -0.567. The van der Waals surface area contributed by atoms with Crippen LogP contribution in [-0.2, 0) is 4.79 Å². The van der Waals surface area contributed by atoms with Gasteiger partial charge in [0.05, 0.1) is 5.41 Å². The Labute approximate surface area is 164 Å². The largest absolute Gasteiger partial charge is 0.481 e. The Morgan fingerprint density at radius 1 is 0.577 bits per heavy atom. The van der Waals surface area contributed by atoms with E-state index in [1.54, 1.807) is 0 Å². The van der Waals surface area contributed by atoms with E-state index in [9.17, 15) is 9.90 Å². The second-order valence-electron chi connectivity index (χ2n) is 8.39. The number of carboxylic acids is 1. The zero-order valence-corrected chi connectivity index (χ0v) is 18.3. The Bertz CT molecular complexity index is 313. The van der Waals surface area contributed by atoms with Crippen LogP contribution in [0.3, 0.4) is 0 Å². The highest BCUT2D eigenvalue weighted by Crippen LogP contribution is 2.35. The first-order chi connectivity index (χ1) is 12.6. The van der Waals surface area contributed by atoms with Gasteiger partial charge in [0.25, 0.3) is 0 Å². The maximum Gasteiger partial charge on any atom is 0.309 e. The summed E-state index contributed by atoms with van der Waals surface area (Å²) < 4.78 is 0. The number of hydrogen-bond donors (Lipinski definition) is 1. The van der Waals surface area contributed by atoms with Crippen molar-refractivity contribution in [1.82, 2.24) is 0 Å². The molecule has 0 aliphatic carbocycles. The average Bonchev–Trinajstić information content (AvgIpc) is 2.64. The molecule has 0 bridgehead atoms. The monoisotopic (exact) mass is 368 g/mol. The summed E-state index contributed by atoms with van der Waals surface area (Å²) in [6, 6.07) is 0. The lowest BCUT2D eigenvalue weighted by atomic mass is 9.76. The Morgan fingerprint density at radius 3 is 1.27 bits per heavy atom. The third kappa shape index (κ3) is 12.8. The Morgan fingerprint density at radius 2 is 0.923 bits per heavy atom. The molecule has 0 aromatic rings. The molecule has 0 aliphatic heterocycles. The van der Waals surface area contributed by atoms with Crippen LogP contribution in [0.4, 0.5) is 0 Å². The van der Waals surface area contributed by atoms with E-state index < -0.39 is 11.4 Å². The average molecular weight is 369 g/mol. The molecule has 1 unspecified atom stereocenters. The smallest absolute Gasteiger partial charge is 0.309 e. The fourth-order valence-corrected chi connectivity index (χ4v) is 4.02. The van der Waals surface area contributed by atoms with Crippen molar-refractivity contribution in [2.75, 3.05) is 0 Å². The highest BCUT2D eigenvalue weighted by molar-refractivity contribution is 5.74. The van der Waals surface area contributed by atoms with Crippen LogP contribution in [0.25, 0.3) is 0 Å². The molecule has 1 atom stereocenters. The molecule has 2 heteroatoms. The van der Waals surface area contributed by atoms with Crippen molar-refractivity contribution in [3.8, 4) is 0 Å². The lowest BCUT2D eigenvalue weighted by Gasteiger charge is -2.28. The van der Waals surface area contributed by atoms with Crippen molar-refractivity contribution in [2.45, 2.75) is 143 Å². The maximum atomic E-state index is 11.7. The highest BCUT2D eigenvalue weighted by Gasteiger charge is 2.35. The number of hydrogen-bond acceptors (Lipinski definition) is 1. The molecule has 0 spiro atoms. The second-order valence-corrected chi connectivity index (χ2v) is 8.39. The first kappa shape index (κ1) is 25.5. The van der Waals surface area contributed by atoms with Crippen molar-refractivity contribution in [3.63, 3.8) is 0 Å². The van der Waals surface area contributed by atoms with Crippen LogP contribution < -0.4 is 0 Å². The van der Waals surface area contributed by atoms with Gasteiger partial charge in [0.2, 0.25) is 0 Å². The normalized spacial score (nSPS) is 13.7. The summed E-state index contributed by atoms with van der Waals surface area (Å²) in [6.07, 6.45) is 23.6. The second kappa shape index (κ2) is 17.9. The van der Waals surface area contributed by atoms with Gasteiger partial charge in [-0.2, -0.15) is 0 Å². The standard InChI is InChI=1S/C24H48O2/c1-4-7-9-10-11-12-13-14-15-16-17-18-19-20-22-24(6-3,23(25)26)21-8-5-2/h4-22H2,1-3H3,(H,25,26). The Kier molecular flexibility index (Phi) is 17.5. The van der Waals surface area contributed by atoms with E-state index in [1.165, 1.54) is 83.5 Å². The predicted octanol–water partition coefficient (Wildman–Crippen LogP) is 8.53. The highest BCUT2D eigenvalue weighted by atomic mass is 16.4. The van der Waals surface area contributed by atoms with Crippen molar-refractivity contribution < 1.29 is 9.90 Å². The molecule has 0 aromatic heterocycles. The summed E-state index contributed by atoms with van der Waals surface area (Å²) in [5.41, 5.74) is -0.451. The molecule has 0 saturated carbocycles. The van der Waals surface area contributed by atoms with Gasteiger partial charge < -0.3 is 5.11 Å². The summed E-state index contributed by atoms with van der Waals surface area (Å²) in [4.78, 5) is 11.7. The van der Waals surface area contributed by atoms with Gasteiger partial charge in [-0.25, -0.2) is 0 Å². The zero-order chi connectivity index (χ0) is 19.5. The molecule has 0 heterocycles. The van der Waals surface area contributed by atoms with E-state index in [-0.39, 0.29) is 0 Å². The number of carboxylic acid groups (broad SMARTS) is 1. The molecule has 1 N–H and O–H groups in total. The number of aliphatic carboxylic acids is 1. The SMILES string of the molecule is CCCCCCCCCCCCCCCCC(CC)(CCCC)C(=O)O. The van der Waals surface area contributed by atoms with Gasteiger partial charge in [0.15, 0.2) is 0 Å². The van der Waals surface area contributed by atoms with E-state index >= 15 is 0 Å². The summed E-state index contributed by atoms with van der Waals surface area (Å²) in [5, 5.41) is 9.65. The first-order valence-corrected chi connectivity index (χ1v) is 11.9. The number of carbonyl (C=O) groups is 1. The summed E-state index contributed by atoms with van der Waals surface area (Å²) in [7, 11) is 0. The molecular formula is C24H48O2. The number of rotatable bonds is 20. The lowest BCUT2D eigenvalue weighted by molar-refractivity contribution is -0.150. The van der Waals surface area contributed by atoms with Gasteiger partial charge in [-0.1, -0.05) is 124 Å². The molecule has 0 saturated heterocycles. The van der Waals surface area contributed by atoms with E-state index in [0.717, 1.165) is 38.5 Å². The van der Waals surface area contributed by atoms with Crippen LogP contribution in [0.2, 0.25) is 0 Å². The van der Waals surface area contributed by atoms with Crippen LogP contribution in [0.15, 0.2) is 0 Å². The molecule has 2 nitrogen and oxygen atoms in total. The Hall–Kier alpha value is -0.530. The molecule has 0 aliphatic rings. The molecule has 156 valence electrons. The van der Waals surface area contributed by atoms with Crippen LogP contribution in [0.5, 0.6) is 0 Å².